The number of aryl methyl sites for hydroxylation is 1. The van der Waals surface area contributed by atoms with Gasteiger partial charge in [-0.15, -0.1) is 0 Å². The van der Waals surface area contributed by atoms with E-state index in [1.54, 1.807) is 6.07 Å². The first kappa shape index (κ1) is 13.1. The molecule has 0 saturated carbocycles. The Morgan fingerprint density at radius 3 is 2.26 bits per heavy atom. The van der Waals surface area contributed by atoms with Gasteiger partial charge < -0.3 is 10.0 Å². The molecule has 0 bridgehead atoms. The number of benzene rings is 2. The third-order valence-electron chi connectivity index (χ3n) is 3.13. The van der Waals surface area contributed by atoms with Crippen LogP contribution in [0.3, 0.4) is 0 Å². The average molecular weight is 255 g/mol. The van der Waals surface area contributed by atoms with E-state index in [1.807, 2.05) is 62.3 Å². The van der Waals surface area contributed by atoms with Crippen LogP contribution in [0.4, 0.5) is 5.69 Å². The Kier molecular flexibility index (Phi) is 3.56. The zero-order valence-corrected chi connectivity index (χ0v) is 11.3. The number of rotatable bonds is 3. The minimum Gasteiger partial charge on any atom is -0.478 e. The molecule has 3 heteroatoms. The molecule has 98 valence electrons. The lowest BCUT2D eigenvalue weighted by atomic mass is 9.96. The molecular formula is C16H17NO2. The van der Waals surface area contributed by atoms with Crippen LogP contribution in [0.25, 0.3) is 11.1 Å². The van der Waals surface area contributed by atoms with Crippen molar-refractivity contribution in [1.82, 2.24) is 0 Å². The van der Waals surface area contributed by atoms with E-state index in [9.17, 15) is 9.90 Å². The maximum atomic E-state index is 11.4. The fraction of sp³-hybridized carbons (Fsp3) is 0.188. The molecule has 2 rings (SSSR count). The van der Waals surface area contributed by atoms with Crippen molar-refractivity contribution in [2.75, 3.05) is 19.0 Å². The smallest absolute Gasteiger partial charge is 0.336 e. The molecule has 1 N–H and O–H groups in total. The second kappa shape index (κ2) is 5.14. The molecule has 0 heterocycles. The molecule has 0 aromatic heterocycles. The highest BCUT2D eigenvalue weighted by Gasteiger charge is 2.15. The molecule has 19 heavy (non-hydrogen) atoms. The van der Waals surface area contributed by atoms with Gasteiger partial charge in [-0.2, -0.15) is 0 Å². The van der Waals surface area contributed by atoms with Gasteiger partial charge in [0.05, 0.1) is 5.56 Å². The van der Waals surface area contributed by atoms with E-state index in [0.29, 0.717) is 5.56 Å². The zero-order valence-electron chi connectivity index (χ0n) is 11.3. The number of hydrogen-bond acceptors (Lipinski definition) is 2. The number of hydrogen-bond donors (Lipinski definition) is 1. The molecular weight excluding hydrogens is 238 g/mol. The van der Waals surface area contributed by atoms with Gasteiger partial charge in [-0.3, -0.25) is 0 Å². The fourth-order valence-corrected chi connectivity index (χ4v) is 2.21. The molecule has 0 amide bonds. The summed E-state index contributed by atoms with van der Waals surface area (Å²) in [6, 6.07) is 13.3. The van der Waals surface area contributed by atoms with Crippen molar-refractivity contribution in [3.8, 4) is 11.1 Å². The van der Waals surface area contributed by atoms with Crippen LogP contribution in [0.2, 0.25) is 0 Å². The van der Waals surface area contributed by atoms with Crippen molar-refractivity contribution in [2.24, 2.45) is 0 Å². The third kappa shape index (κ3) is 2.60. The Hall–Kier alpha value is -2.29. The van der Waals surface area contributed by atoms with E-state index in [4.69, 9.17) is 0 Å². The van der Waals surface area contributed by atoms with Gasteiger partial charge in [0.15, 0.2) is 0 Å². The van der Waals surface area contributed by atoms with Crippen LogP contribution in [0.15, 0.2) is 42.5 Å². The Morgan fingerprint density at radius 2 is 1.74 bits per heavy atom. The zero-order chi connectivity index (χ0) is 14.0. The van der Waals surface area contributed by atoms with Gasteiger partial charge in [0, 0.05) is 19.8 Å². The summed E-state index contributed by atoms with van der Waals surface area (Å²) >= 11 is 0. The maximum absolute atomic E-state index is 11.4. The summed E-state index contributed by atoms with van der Waals surface area (Å²) in [6.45, 7) is 1.93. The summed E-state index contributed by atoms with van der Waals surface area (Å²) in [6.07, 6.45) is 0. The first-order chi connectivity index (χ1) is 9.00. The van der Waals surface area contributed by atoms with Gasteiger partial charge in [-0.25, -0.2) is 4.79 Å². The number of carbonyl (C=O) groups is 1. The van der Waals surface area contributed by atoms with Crippen molar-refractivity contribution < 1.29 is 9.90 Å². The molecule has 0 aliphatic heterocycles. The lowest BCUT2D eigenvalue weighted by molar-refractivity contribution is 0.0697. The Labute approximate surface area is 113 Å². The highest BCUT2D eigenvalue weighted by Crippen LogP contribution is 2.30. The Balaban J connectivity index is 2.70. The highest BCUT2D eigenvalue weighted by atomic mass is 16.4. The summed E-state index contributed by atoms with van der Waals surface area (Å²) in [5.41, 5.74) is 4.01. The molecule has 0 unspecified atom stereocenters. The van der Waals surface area contributed by atoms with Crippen molar-refractivity contribution in [1.29, 1.82) is 0 Å². The summed E-state index contributed by atoms with van der Waals surface area (Å²) in [5, 5.41) is 9.37. The summed E-state index contributed by atoms with van der Waals surface area (Å²) in [4.78, 5) is 13.4. The summed E-state index contributed by atoms with van der Waals surface area (Å²) in [5.74, 6) is -0.896. The summed E-state index contributed by atoms with van der Waals surface area (Å²) < 4.78 is 0. The molecule has 0 radical (unpaired) electrons. The Bertz CT molecular complexity index is 604. The van der Waals surface area contributed by atoms with E-state index >= 15 is 0 Å². The van der Waals surface area contributed by atoms with Crippen LogP contribution in [-0.4, -0.2) is 25.2 Å². The van der Waals surface area contributed by atoms with Gasteiger partial charge in [0.2, 0.25) is 0 Å². The van der Waals surface area contributed by atoms with Crippen molar-refractivity contribution in [3.63, 3.8) is 0 Å². The highest BCUT2D eigenvalue weighted by molar-refractivity contribution is 5.97. The number of carboxylic acid groups (broad SMARTS) is 1. The van der Waals surface area contributed by atoms with E-state index in [1.165, 1.54) is 0 Å². The molecule has 0 aliphatic carbocycles. The first-order valence-corrected chi connectivity index (χ1v) is 6.11. The van der Waals surface area contributed by atoms with E-state index in [0.717, 1.165) is 22.4 Å². The van der Waals surface area contributed by atoms with Crippen LogP contribution in [0.5, 0.6) is 0 Å². The Morgan fingerprint density at radius 1 is 1.11 bits per heavy atom. The number of carboxylic acids is 1. The molecule has 0 aliphatic rings. The van der Waals surface area contributed by atoms with E-state index in [-0.39, 0.29) is 0 Å². The van der Waals surface area contributed by atoms with Crippen LogP contribution in [0.1, 0.15) is 15.9 Å². The van der Waals surface area contributed by atoms with Gasteiger partial charge in [0.1, 0.15) is 0 Å². The maximum Gasteiger partial charge on any atom is 0.336 e. The second-order valence-electron chi connectivity index (χ2n) is 4.75. The van der Waals surface area contributed by atoms with Crippen molar-refractivity contribution >= 4 is 11.7 Å². The predicted octanol–water partition coefficient (Wildman–Crippen LogP) is 3.43. The van der Waals surface area contributed by atoms with Gasteiger partial charge in [0.25, 0.3) is 0 Å². The van der Waals surface area contributed by atoms with Crippen LogP contribution >= 0.6 is 0 Å². The SMILES string of the molecule is Cc1cc(C(=O)O)c(-c2ccccc2)cc1N(C)C. The molecule has 2 aromatic carbocycles. The van der Waals surface area contributed by atoms with E-state index in [2.05, 4.69) is 0 Å². The molecule has 2 aromatic rings. The lowest BCUT2D eigenvalue weighted by Crippen LogP contribution is -2.12. The molecule has 0 saturated heterocycles. The van der Waals surface area contributed by atoms with Gasteiger partial charge in [-0.1, -0.05) is 30.3 Å². The minimum atomic E-state index is -0.896. The van der Waals surface area contributed by atoms with Crippen LogP contribution < -0.4 is 4.90 Å². The molecule has 0 atom stereocenters. The van der Waals surface area contributed by atoms with Crippen LogP contribution in [0, 0.1) is 6.92 Å². The van der Waals surface area contributed by atoms with Gasteiger partial charge >= 0.3 is 5.97 Å². The van der Waals surface area contributed by atoms with E-state index < -0.39 is 5.97 Å². The molecule has 0 fully saturated rings. The standard InChI is InChI=1S/C16H17NO2/c1-11-9-14(16(18)19)13(10-15(11)17(2)3)12-7-5-4-6-8-12/h4-10H,1-3H3,(H,18,19). The molecule has 0 spiro atoms. The fourth-order valence-electron chi connectivity index (χ4n) is 2.21. The second-order valence-corrected chi connectivity index (χ2v) is 4.75. The monoisotopic (exact) mass is 255 g/mol. The van der Waals surface area contributed by atoms with Crippen molar-refractivity contribution in [3.05, 3.63) is 53.6 Å². The largest absolute Gasteiger partial charge is 0.478 e. The first-order valence-electron chi connectivity index (χ1n) is 6.11. The van der Waals surface area contributed by atoms with Crippen LogP contribution in [-0.2, 0) is 0 Å². The molecule has 3 nitrogen and oxygen atoms in total. The number of aromatic carboxylic acids is 1. The normalized spacial score (nSPS) is 10.3. The van der Waals surface area contributed by atoms with Crippen molar-refractivity contribution in [2.45, 2.75) is 6.92 Å². The topological polar surface area (TPSA) is 40.5 Å². The lowest BCUT2D eigenvalue weighted by Gasteiger charge is -2.18. The average Bonchev–Trinajstić information content (AvgIpc) is 2.38. The third-order valence-corrected chi connectivity index (χ3v) is 3.13. The predicted molar refractivity (Wildman–Crippen MR) is 77.9 cm³/mol. The quantitative estimate of drug-likeness (QED) is 0.913. The number of anilines is 1. The minimum absolute atomic E-state index is 0.342. The summed E-state index contributed by atoms with van der Waals surface area (Å²) in [7, 11) is 3.91. The van der Waals surface area contributed by atoms with Gasteiger partial charge in [-0.05, 0) is 35.7 Å². The number of nitrogens with zero attached hydrogens (tertiary/aromatic N) is 1.